The van der Waals surface area contributed by atoms with E-state index in [1.165, 1.54) is 25.6 Å². The van der Waals surface area contributed by atoms with Crippen LogP contribution in [0.1, 0.15) is 15.9 Å². The van der Waals surface area contributed by atoms with Crippen molar-refractivity contribution in [2.45, 2.75) is 0 Å². The number of carbonyl (C=O) groups excluding carboxylic acids is 1. The van der Waals surface area contributed by atoms with Crippen molar-refractivity contribution in [3.05, 3.63) is 57.8 Å². The molecule has 0 fully saturated rings. The number of nitrogens with zero attached hydrogens (tertiary/aromatic N) is 2. The molecule has 2 aromatic carbocycles. The SMILES string of the molecule is COc1c(Cl)ccc(Cl)c1C(=O)O/N=C(\N)c1cccc2[nH]cnc12. The van der Waals surface area contributed by atoms with Gasteiger partial charge < -0.3 is 20.3 Å². The number of H-pyrrole nitrogens is 1. The number of aromatic amines is 1. The number of halogens is 2. The van der Waals surface area contributed by atoms with Crippen molar-refractivity contribution in [2.75, 3.05) is 7.11 Å². The summed E-state index contributed by atoms with van der Waals surface area (Å²) in [7, 11) is 1.37. The zero-order chi connectivity index (χ0) is 18.0. The third-order valence-electron chi connectivity index (χ3n) is 3.42. The van der Waals surface area contributed by atoms with Crippen LogP contribution in [0, 0.1) is 0 Å². The minimum absolute atomic E-state index is 0.0110. The number of methoxy groups -OCH3 is 1. The van der Waals surface area contributed by atoms with Crippen LogP contribution in [-0.4, -0.2) is 28.9 Å². The van der Waals surface area contributed by atoms with Crippen molar-refractivity contribution < 1.29 is 14.4 Å². The molecule has 0 aliphatic carbocycles. The second-order valence-corrected chi connectivity index (χ2v) is 5.71. The number of fused-ring (bicyclic) bond motifs is 1. The number of nitrogens with one attached hydrogen (secondary N) is 1. The summed E-state index contributed by atoms with van der Waals surface area (Å²) in [6, 6.07) is 8.29. The molecule has 0 aliphatic rings. The van der Waals surface area contributed by atoms with Crippen LogP contribution >= 0.6 is 23.2 Å². The number of nitrogens with two attached hydrogens (primary N) is 1. The molecule has 0 saturated carbocycles. The fourth-order valence-corrected chi connectivity index (χ4v) is 2.74. The fourth-order valence-electron chi connectivity index (χ4n) is 2.28. The average molecular weight is 379 g/mol. The van der Waals surface area contributed by atoms with Crippen molar-refractivity contribution in [2.24, 2.45) is 10.9 Å². The Kier molecular flexibility index (Phi) is 4.78. The lowest BCUT2D eigenvalue weighted by atomic mass is 10.2. The van der Waals surface area contributed by atoms with Gasteiger partial charge in [-0.3, -0.25) is 0 Å². The van der Waals surface area contributed by atoms with E-state index in [0.29, 0.717) is 11.1 Å². The van der Waals surface area contributed by atoms with Gasteiger partial charge in [0.1, 0.15) is 5.56 Å². The maximum absolute atomic E-state index is 12.3. The molecule has 3 aromatic rings. The molecule has 3 rings (SSSR count). The van der Waals surface area contributed by atoms with Crippen molar-refractivity contribution >= 4 is 46.0 Å². The molecule has 128 valence electrons. The van der Waals surface area contributed by atoms with E-state index in [2.05, 4.69) is 15.1 Å². The third-order valence-corrected chi connectivity index (χ3v) is 4.03. The Labute approximate surface area is 152 Å². The predicted molar refractivity (Wildman–Crippen MR) is 95.2 cm³/mol. The second kappa shape index (κ2) is 7.00. The second-order valence-electron chi connectivity index (χ2n) is 4.90. The minimum atomic E-state index is -0.846. The highest BCUT2D eigenvalue weighted by Crippen LogP contribution is 2.34. The molecule has 1 heterocycles. The summed E-state index contributed by atoms with van der Waals surface area (Å²) >= 11 is 12.0. The molecule has 0 saturated heterocycles. The van der Waals surface area contributed by atoms with Gasteiger partial charge >= 0.3 is 5.97 Å². The Morgan fingerprint density at radius 1 is 1.24 bits per heavy atom. The highest BCUT2D eigenvalue weighted by Gasteiger charge is 2.21. The number of ether oxygens (including phenoxy) is 1. The molecule has 0 atom stereocenters. The van der Waals surface area contributed by atoms with Crippen LogP contribution in [0.15, 0.2) is 41.8 Å². The van der Waals surface area contributed by atoms with E-state index in [-0.39, 0.29) is 27.2 Å². The summed E-state index contributed by atoms with van der Waals surface area (Å²) in [4.78, 5) is 24.3. The van der Waals surface area contributed by atoms with Crippen molar-refractivity contribution in [3.8, 4) is 5.75 Å². The Morgan fingerprint density at radius 3 is 2.76 bits per heavy atom. The normalized spacial score (nSPS) is 11.6. The molecule has 25 heavy (non-hydrogen) atoms. The van der Waals surface area contributed by atoms with Gasteiger partial charge in [-0.25, -0.2) is 9.78 Å². The summed E-state index contributed by atoms with van der Waals surface area (Å²) in [5.74, 6) is -0.757. The number of aromatic nitrogens is 2. The van der Waals surface area contributed by atoms with Gasteiger partial charge in [0, 0.05) is 5.56 Å². The lowest BCUT2D eigenvalue weighted by Crippen LogP contribution is -2.16. The molecule has 0 unspecified atom stereocenters. The molecular weight excluding hydrogens is 367 g/mol. The maximum Gasteiger partial charge on any atom is 0.371 e. The van der Waals surface area contributed by atoms with E-state index < -0.39 is 5.97 Å². The van der Waals surface area contributed by atoms with Crippen LogP contribution < -0.4 is 10.5 Å². The number of para-hydroxylation sites is 1. The lowest BCUT2D eigenvalue weighted by molar-refractivity contribution is 0.0512. The van der Waals surface area contributed by atoms with E-state index in [1.807, 2.05) is 6.07 Å². The molecule has 0 spiro atoms. The third kappa shape index (κ3) is 3.24. The van der Waals surface area contributed by atoms with Gasteiger partial charge in [-0.1, -0.05) is 34.4 Å². The van der Waals surface area contributed by atoms with Gasteiger partial charge in [-0.15, -0.1) is 0 Å². The molecule has 7 nitrogen and oxygen atoms in total. The largest absolute Gasteiger partial charge is 0.494 e. The molecule has 3 N–H and O–H groups in total. The smallest absolute Gasteiger partial charge is 0.371 e. The van der Waals surface area contributed by atoms with E-state index in [1.54, 1.807) is 12.1 Å². The number of carbonyl (C=O) groups is 1. The van der Waals surface area contributed by atoms with E-state index >= 15 is 0 Å². The van der Waals surface area contributed by atoms with Crippen molar-refractivity contribution in [1.82, 2.24) is 9.97 Å². The van der Waals surface area contributed by atoms with Gasteiger partial charge in [0.2, 0.25) is 0 Å². The Morgan fingerprint density at radius 2 is 2.00 bits per heavy atom. The zero-order valence-corrected chi connectivity index (χ0v) is 14.4. The van der Waals surface area contributed by atoms with Crippen LogP contribution in [0.3, 0.4) is 0 Å². The lowest BCUT2D eigenvalue weighted by Gasteiger charge is -2.09. The topological polar surface area (TPSA) is 103 Å². The van der Waals surface area contributed by atoms with Crippen molar-refractivity contribution in [1.29, 1.82) is 0 Å². The van der Waals surface area contributed by atoms with Crippen LogP contribution in [-0.2, 0) is 4.84 Å². The van der Waals surface area contributed by atoms with Crippen molar-refractivity contribution in [3.63, 3.8) is 0 Å². The monoisotopic (exact) mass is 378 g/mol. The Hall–Kier alpha value is -2.77. The Balaban J connectivity index is 1.91. The highest BCUT2D eigenvalue weighted by molar-refractivity contribution is 6.37. The van der Waals surface area contributed by atoms with Crippen LogP contribution in [0.25, 0.3) is 11.0 Å². The van der Waals surface area contributed by atoms with Crippen LogP contribution in [0.2, 0.25) is 10.0 Å². The summed E-state index contributed by atoms with van der Waals surface area (Å²) in [6.45, 7) is 0. The molecule has 0 aliphatic heterocycles. The maximum atomic E-state index is 12.3. The molecule has 0 amide bonds. The zero-order valence-electron chi connectivity index (χ0n) is 12.9. The summed E-state index contributed by atoms with van der Waals surface area (Å²) in [6.07, 6.45) is 1.53. The highest BCUT2D eigenvalue weighted by atomic mass is 35.5. The molecule has 9 heteroatoms. The van der Waals surface area contributed by atoms with Gasteiger partial charge in [0.05, 0.1) is 34.5 Å². The number of imidazole rings is 1. The first-order valence-corrected chi connectivity index (χ1v) is 7.77. The Bertz CT molecular complexity index is 985. The number of oxime groups is 1. The first-order chi connectivity index (χ1) is 12.0. The van der Waals surface area contributed by atoms with E-state index in [0.717, 1.165) is 5.52 Å². The van der Waals surface area contributed by atoms with Gasteiger partial charge in [0.25, 0.3) is 0 Å². The molecular formula is C16H12Cl2N4O3. The number of hydrogen-bond donors (Lipinski definition) is 2. The summed E-state index contributed by atoms with van der Waals surface area (Å²) < 4.78 is 5.11. The van der Waals surface area contributed by atoms with Gasteiger partial charge in [-0.2, -0.15) is 0 Å². The van der Waals surface area contributed by atoms with E-state index in [9.17, 15) is 4.79 Å². The predicted octanol–water partition coefficient (Wildman–Crippen LogP) is 3.36. The van der Waals surface area contributed by atoms with Crippen LogP contribution in [0.4, 0.5) is 0 Å². The number of amidine groups is 1. The fraction of sp³-hybridized carbons (Fsp3) is 0.0625. The molecule has 0 radical (unpaired) electrons. The first kappa shape index (κ1) is 17.1. The number of rotatable bonds is 4. The van der Waals surface area contributed by atoms with E-state index in [4.69, 9.17) is 38.5 Å². The summed E-state index contributed by atoms with van der Waals surface area (Å²) in [5.41, 5.74) is 7.79. The average Bonchev–Trinajstić information content (AvgIpc) is 3.09. The standard InChI is InChI=1S/C16H12Cl2N4O3/c1-24-14-10(18)6-5-9(17)12(14)16(23)25-22-15(19)8-3-2-4-11-13(8)21-7-20-11/h2-7H,1H3,(H2,19,22)(H,20,21). The first-order valence-electron chi connectivity index (χ1n) is 7.02. The number of benzene rings is 2. The van der Waals surface area contributed by atoms with Gasteiger partial charge in [0.15, 0.2) is 11.6 Å². The molecule has 1 aromatic heterocycles. The minimum Gasteiger partial charge on any atom is -0.494 e. The van der Waals surface area contributed by atoms with Crippen LogP contribution in [0.5, 0.6) is 5.75 Å². The quantitative estimate of drug-likeness (QED) is 0.313. The number of hydrogen-bond acceptors (Lipinski definition) is 5. The van der Waals surface area contributed by atoms with Gasteiger partial charge in [-0.05, 0) is 24.3 Å². The summed E-state index contributed by atoms with van der Waals surface area (Å²) in [5, 5.41) is 4.02. The molecule has 0 bridgehead atoms.